The first-order valence-corrected chi connectivity index (χ1v) is 8.99. The standard InChI is InChI=1S/C18H26N4O2/c1-5-18(4)6-14(20-24-18)16-12-7-21(8-13(12)16)17(23)15-9-22(10-19-15)11(2)3/h9-13,16H,5-8H2,1-4H3/t12?,13?,16?,18-/m0/s1. The van der Waals surface area contributed by atoms with Gasteiger partial charge in [0.15, 0.2) is 0 Å². The number of piperidine rings is 1. The van der Waals surface area contributed by atoms with Gasteiger partial charge in [0.05, 0.1) is 12.0 Å². The van der Waals surface area contributed by atoms with Crippen molar-refractivity contribution in [3.8, 4) is 0 Å². The molecular formula is C18H26N4O2. The number of imidazole rings is 1. The highest BCUT2D eigenvalue weighted by Gasteiger charge is 2.60. The van der Waals surface area contributed by atoms with Crippen molar-refractivity contribution < 1.29 is 9.63 Å². The van der Waals surface area contributed by atoms with Gasteiger partial charge >= 0.3 is 0 Å². The molecule has 0 radical (unpaired) electrons. The molecule has 2 aliphatic heterocycles. The van der Waals surface area contributed by atoms with Gasteiger partial charge in [-0.05, 0) is 39.0 Å². The Hall–Kier alpha value is -1.85. The second-order valence-electron chi connectivity index (χ2n) is 8.02. The Kier molecular flexibility index (Phi) is 3.48. The van der Waals surface area contributed by atoms with E-state index in [1.54, 1.807) is 6.33 Å². The summed E-state index contributed by atoms with van der Waals surface area (Å²) in [6.45, 7) is 10.1. The average molecular weight is 330 g/mol. The number of fused-ring (bicyclic) bond motifs is 1. The lowest BCUT2D eigenvalue weighted by atomic mass is 9.94. The molecule has 1 aromatic heterocycles. The molecule has 1 aliphatic carbocycles. The van der Waals surface area contributed by atoms with Gasteiger partial charge in [-0.15, -0.1) is 0 Å². The Morgan fingerprint density at radius 2 is 2.12 bits per heavy atom. The molecule has 3 atom stereocenters. The number of carbonyl (C=O) groups is 1. The number of amides is 1. The minimum absolute atomic E-state index is 0.0587. The van der Waals surface area contributed by atoms with Crippen LogP contribution in [0.3, 0.4) is 0 Å². The van der Waals surface area contributed by atoms with E-state index in [-0.39, 0.29) is 11.5 Å². The van der Waals surface area contributed by atoms with E-state index in [9.17, 15) is 4.79 Å². The lowest BCUT2D eigenvalue weighted by Gasteiger charge is -2.20. The van der Waals surface area contributed by atoms with Crippen molar-refractivity contribution in [2.45, 2.75) is 52.2 Å². The number of carbonyl (C=O) groups excluding carboxylic acids is 1. The molecule has 1 saturated heterocycles. The van der Waals surface area contributed by atoms with Crippen molar-refractivity contribution in [2.24, 2.45) is 22.9 Å². The van der Waals surface area contributed by atoms with Gasteiger partial charge in [-0.2, -0.15) is 0 Å². The number of oxime groups is 1. The molecule has 6 heteroatoms. The molecule has 1 aromatic rings. The second-order valence-corrected chi connectivity index (χ2v) is 8.02. The Morgan fingerprint density at radius 3 is 2.67 bits per heavy atom. The van der Waals surface area contributed by atoms with Crippen LogP contribution in [-0.4, -0.2) is 44.8 Å². The van der Waals surface area contributed by atoms with Crippen LogP contribution in [0.4, 0.5) is 0 Å². The molecule has 2 fully saturated rings. The molecule has 24 heavy (non-hydrogen) atoms. The minimum atomic E-state index is -0.120. The van der Waals surface area contributed by atoms with Crippen molar-refractivity contribution >= 4 is 11.6 Å². The Bertz CT molecular complexity index is 683. The summed E-state index contributed by atoms with van der Waals surface area (Å²) in [4.78, 5) is 24.5. The molecule has 4 rings (SSSR count). The van der Waals surface area contributed by atoms with Crippen LogP contribution >= 0.6 is 0 Å². The number of hydrogen-bond acceptors (Lipinski definition) is 4. The minimum Gasteiger partial charge on any atom is -0.389 e. The number of nitrogens with zero attached hydrogens (tertiary/aromatic N) is 4. The molecule has 130 valence electrons. The Balaban J connectivity index is 1.36. The molecule has 6 nitrogen and oxygen atoms in total. The maximum absolute atomic E-state index is 12.6. The van der Waals surface area contributed by atoms with Gasteiger partial charge in [-0.1, -0.05) is 12.1 Å². The summed E-state index contributed by atoms with van der Waals surface area (Å²) in [5, 5.41) is 4.35. The van der Waals surface area contributed by atoms with Crippen molar-refractivity contribution in [1.82, 2.24) is 14.5 Å². The van der Waals surface area contributed by atoms with Crippen LogP contribution in [0.1, 0.15) is 57.1 Å². The van der Waals surface area contributed by atoms with E-state index in [1.807, 2.05) is 15.7 Å². The van der Waals surface area contributed by atoms with Crippen LogP contribution in [0.25, 0.3) is 0 Å². The third-order valence-electron chi connectivity index (χ3n) is 5.97. The van der Waals surface area contributed by atoms with Gasteiger partial charge in [-0.25, -0.2) is 4.98 Å². The molecule has 1 amide bonds. The highest BCUT2D eigenvalue weighted by Crippen LogP contribution is 2.54. The Morgan fingerprint density at radius 1 is 1.42 bits per heavy atom. The van der Waals surface area contributed by atoms with E-state index < -0.39 is 0 Å². The quantitative estimate of drug-likeness (QED) is 0.853. The van der Waals surface area contributed by atoms with Gasteiger partial charge in [-0.3, -0.25) is 4.79 Å². The van der Waals surface area contributed by atoms with Crippen LogP contribution in [0.5, 0.6) is 0 Å². The number of likely N-dealkylation sites (tertiary alicyclic amines) is 1. The van der Waals surface area contributed by atoms with Crippen LogP contribution < -0.4 is 0 Å². The van der Waals surface area contributed by atoms with Crippen LogP contribution in [0.15, 0.2) is 17.7 Å². The summed E-state index contributed by atoms with van der Waals surface area (Å²) in [5.74, 6) is 1.70. The predicted molar refractivity (Wildman–Crippen MR) is 90.8 cm³/mol. The van der Waals surface area contributed by atoms with Crippen molar-refractivity contribution in [2.75, 3.05) is 13.1 Å². The predicted octanol–water partition coefficient (Wildman–Crippen LogP) is 2.73. The van der Waals surface area contributed by atoms with Crippen molar-refractivity contribution in [3.05, 3.63) is 18.2 Å². The van der Waals surface area contributed by atoms with E-state index in [0.717, 1.165) is 25.9 Å². The normalized spacial score (nSPS) is 34.3. The fourth-order valence-corrected chi connectivity index (χ4v) is 4.06. The molecule has 0 aromatic carbocycles. The van der Waals surface area contributed by atoms with Crippen LogP contribution in [0, 0.1) is 17.8 Å². The maximum atomic E-state index is 12.6. The van der Waals surface area contributed by atoms with E-state index in [4.69, 9.17) is 4.84 Å². The highest BCUT2D eigenvalue weighted by molar-refractivity contribution is 5.94. The molecule has 0 spiro atoms. The van der Waals surface area contributed by atoms with Crippen molar-refractivity contribution in [1.29, 1.82) is 0 Å². The van der Waals surface area contributed by atoms with E-state index in [0.29, 0.717) is 29.5 Å². The fourth-order valence-electron chi connectivity index (χ4n) is 4.06. The smallest absolute Gasteiger partial charge is 0.274 e. The summed E-state index contributed by atoms with van der Waals surface area (Å²) in [6.07, 6.45) is 5.52. The largest absolute Gasteiger partial charge is 0.389 e. The van der Waals surface area contributed by atoms with E-state index >= 15 is 0 Å². The summed E-state index contributed by atoms with van der Waals surface area (Å²) < 4.78 is 1.98. The van der Waals surface area contributed by atoms with E-state index in [1.165, 1.54) is 5.71 Å². The number of aromatic nitrogens is 2. The molecule has 0 bridgehead atoms. The van der Waals surface area contributed by atoms with Crippen LogP contribution in [0.2, 0.25) is 0 Å². The number of hydrogen-bond donors (Lipinski definition) is 0. The number of rotatable bonds is 4. The molecule has 3 heterocycles. The summed E-state index contributed by atoms with van der Waals surface area (Å²) >= 11 is 0. The molecule has 2 unspecified atom stereocenters. The molecular weight excluding hydrogens is 304 g/mol. The summed E-state index contributed by atoms with van der Waals surface area (Å²) in [5.41, 5.74) is 1.65. The maximum Gasteiger partial charge on any atom is 0.274 e. The fraction of sp³-hybridized carbons (Fsp3) is 0.722. The lowest BCUT2D eigenvalue weighted by molar-refractivity contribution is -0.00605. The first-order valence-electron chi connectivity index (χ1n) is 8.99. The SMILES string of the molecule is CC[C@@]1(C)CC(C2C3CN(C(=O)c4cn(C(C)C)cn4)CC32)=NO1. The molecule has 0 N–H and O–H groups in total. The third-order valence-corrected chi connectivity index (χ3v) is 5.97. The first-order chi connectivity index (χ1) is 11.4. The summed E-state index contributed by atoms with van der Waals surface area (Å²) in [7, 11) is 0. The highest BCUT2D eigenvalue weighted by atomic mass is 16.7. The van der Waals surface area contributed by atoms with Gasteiger partial charge < -0.3 is 14.3 Å². The summed E-state index contributed by atoms with van der Waals surface area (Å²) in [6, 6.07) is 0.323. The van der Waals surface area contributed by atoms with Gasteiger partial charge in [0.1, 0.15) is 11.3 Å². The van der Waals surface area contributed by atoms with Gasteiger partial charge in [0, 0.05) is 37.7 Å². The van der Waals surface area contributed by atoms with E-state index in [2.05, 4.69) is 37.8 Å². The zero-order valence-electron chi connectivity index (χ0n) is 14.9. The third kappa shape index (κ3) is 2.43. The van der Waals surface area contributed by atoms with Crippen molar-refractivity contribution in [3.63, 3.8) is 0 Å². The lowest BCUT2D eigenvalue weighted by Crippen LogP contribution is -2.33. The Labute approximate surface area is 142 Å². The van der Waals surface area contributed by atoms with Crippen LogP contribution in [-0.2, 0) is 4.84 Å². The zero-order chi connectivity index (χ0) is 17.1. The molecule has 1 saturated carbocycles. The molecule has 3 aliphatic rings. The zero-order valence-corrected chi connectivity index (χ0v) is 14.9. The second kappa shape index (κ2) is 5.33. The topological polar surface area (TPSA) is 59.7 Å². The monoisotopic (exact) mass is 330 g/mol. The first kappa shape index (κ1) is 15.7. The van der Waals surface area contributed by atoms with Gasteiger partial charge in [0.25, 0.3) is 5.91 Å². The average Bonchev–Trinajstić information content (AvgIpc) is 3.05. The van der Waals surface area contributed by atoms with Gasteiger partial charge in [0.2, 0.25) is 0 Å².